The van der Waals surface area contributed by atoms with E-state index in [0.717, 1.165) is 65.0 Å². The van der Waals surface area contributed by atoms with E-state index in [1.807, 2.05) is 11.3 Å². The first-order valence-electron chi connectivity index (χ1n) is 11.0. The molecule has 1 amide bonds. The number of ether oxygens (including phenoxy) is 1. The second-order valence-electron chi connectivity index (χ2n) is 8.63. The molecular formula is C24H30N2O2S. The molecule has 0 radical (unpaired) electrons. The van der Waals surface area contributed by atoms with Gasteiger partial charge in [-0.1, -0.05) is 24.3 Å². The van der Waals surface area contributed by atoms with E-state index in [0.29, 0.717) is 12.0 Å². The van der Waals surface area contributed by atoms with E-state index in [4.69, 9.17) is 4.74 Å². The van der Waals surface area contributed by atoms with Gasteiger partial charge in [-0.05, 0) is 68.5 Å². The predicted octanol–water partition coefficient (Wildman–Crippen LogP) is 4.40. The molecule has 0 spiro atoms. The van der Waals surface area contributed by atoms with Crippen LogP contribution < -0.4 is 0 Å². The summed E-state index contributed by atoms with van der Waals surface area (Å²) in [5.74, 6) is 0.568. The Morgan fingerprint density at radius 3 is 2.66 bits per heavy atom. The highest BCUT2D eigenvalue weighted by atomic mass is 32.1. The van der Waals surface area contributed by atoms with Crippen molar-refractivity contribution < 1.29 is 9.53 Å². The molecule has 4 nitrogen and oxygen atoms in total. The average molecular weight is 411 g/mol. The number of amides is 1. The molecule has 0 aliphatic carbocycles. The predicted molar refractivity (Wildman–Crippen MR) is 116 cm³/mol. The van der Waals surface area contributed by atoms with Gasteiger partial charge in [-0.15, -0.1) is 11.3 Å². The zero-order valence-electron chi connectivity index (χ0n) is 17.0. The quantitative estimate of drug-likeness (QED) is 0.749. The van der Waals surface area contributed by atoms with Gasteiger partial charge in [0.15, 0.2) is 0 Å². The normalized spacial score (nSPS) is 23.3. The minimum Gasteiger partial charge on any atom is -0.373 e. The van der Waals surface area contributed by atoms with Gasteiger partial charge in [-0.25, -0.2) is 0 Å². The summed E-state index contributed by atoms with van der Waals surface area (Å²) < 4.78 is 5.82. The van der Waals surface area contributed by atoms with Gasteiger partial charge in [0, 0.05) is 41.9 Å². The van der Waals surface area contributed by atoms with Crippen LogP contribution in [0.15, 0.2) is 36.4 Å². The van der Waals surface area contributed by atoms with Crippen LogP contribution in [0.2, 0.25) is 0 Å². The first-order chi connectivity index (χ1) is 14.3. The third-order valence-corrected chi connectivity index (χ3v) is 7.85. The Labute approximate surface area is 177 Å². The van der Waals surface area contributed by atoms with Crippen LogP contribution in [0.4, 0.5) is 0 Å². The molecule has 5 rings (SSSR count). The van der Waals surface area contributed by atoms with Gasteiger partial charge in [0.2, 0.25) is 5.91 Å². The maximum Gasteiger partial charge on any atom is 0.226 e. The maximum atomic E-state index is 13.1. The fourth-order valence-corrected chi connectivity index (χ4v) is 6.09. The molecule has 154 valence electrons. The highest BCUT2D eigenvalue weighted by Crippen LogP contribution is 2.34. The van der Waals surface area contributed by atoms with Crippen LogP contribution in [0, 0.1) is 5.92 Å². The summed E-state index contributed by atoms with van der Waals surface area (Å²) in [5, 5.41) is 0. The molecule has 1 unspecified atom stereocenters. The summed E-state index contributed by atoms with van der Waals surface area (Å²) in [4.78, 5) is 20.5. The highest BCUT2D eigenvalue weighted by Gasteiger charge is 2.30. The Hall–Kier alpha value is -1.69. The Kier molecular flexibility index (Phi) is 5.71. The van der Waals surface area contributed by atoms with Crippen molar-refractivity contribution in [2.75, 3.05) is 26.2 Å². The van der Waals surface area contributed by atoms with Crippen molar-refractivity contribution in [1.29, 1.82) is 0 Å². The van der Waals surface area contributed by atoms with Crippen LogP contribution in [-0.2, 0) is 29.0 Å². The second-order valence-corrected chi connectivity index (χ2v) is 9.83. The molecule has 0 N–H and O–H groups in total. The molecule has 1 aromatic heterocycles. The Morgan fingerprint density at radius 1 is 1.03 bits per heavy atom. The molecule has 4 heterocycles. The molecule has 29 heavy (non-hydrogen) atoms. The molecule has 2 fully saturated rings. The number of rotatable bonds is 4. The van der Waals surface area contributed by atoms with Gasteiger partial charge in [-0.3, -0.25) is 9.69 Å². The topological polar surface area (TPSA) is 32.8 Å². The number of carbonyl (C=O) groups excluding carboxylic acids is 1. The van der Waals surface area contributed by atoms with E-state index in [-0.39, 0.29) is 5.92 Å². The van der Waals surface area contributed by atoms with Gasteiger partial charge < -0.3 is 9.64 Å². The number of nitrogens with zero attached hydrogens (tertiary/aromatic N) is 2. The minimum absolute atomic E-state index is 0.197. The first kappa shape index (κ1) is 19.3. The van der Waals surface area contributed by atoms with E-state index in [1.54, 1.807) is 0 Å². The molecule has 0 saturated carbocycles. The fraction of sp³-hybridized carbons (Fsp3) is 0.542. The Balaban J connectivity index is 1.12. The minimum atomic E-state index is 0.197. The van der Waals surface area contributed by atoms with Crippen molar-refractivity contribution in [3.8, 4) is 0 Å². The monoisotopic (exact) mass is 410 g/mol. The zero-order valence-corrected chi connectivity index (χ0v) is 17.8. The second kappa shape index (κ2) is 8.58. The van der Waals surface area contributed by atoms with Gasteiger partial charge >= 0.3 is 0 Å². The number of benzene rings is 1. The number of fused-ring (bicyclic) bond motifs is 1. The summed E-state index contributed by atoms with van der Waals surface area (Å²) in [6, 6.07) is 13.1. The third-order valence-electron chi connectivity index (χ3n) is 6.69. The smallest absolute Gasteiger partial charge is 0.226 e. The fourth-order valence-electron chi connectivity index (χ4n) is 4.96. The highest BCUT2D eigenvalue weighted by molar-refractivity contribution is 7.12. The molecule has 2 saturated heterocycles. The number of likely N-dealkylation sites (tertiary alicyclic amines) is 1. The molecule has 3 aliphatic rings. The molecule has 5 heteroatoms. The lowest BCUT2D eigenvalue weighted by Crippen LogP contribution is -2.44. The SMILES string of the molecule is O=C(C1CCN(Cc2ccc(C3CCCO3)s2)CC1)N1CCc2ccccc2C1. The summed E-state index contributed by atoms with van der Waals surface area (Å²) in [6.45, 7) is 5.62. The molecule has 0 bridgehead atoms. The Morgan fingerprint density at radius 2 is 1.86 bits per heavy atom. The lowest BCUT2D eigenvalue weighted by atomic mass is 9.93. The average Bonchev–Trinajstić information content (AvgIpc) is 3.45. The maximum absolute atomic E-state index is 13.1. The lowest BCUT2D eigenvalue weighted by Gasteiger charge is -2.36. The van der Waals surface area contributed by atoms with Crippen molar-refractivity contribution >= 4 is 17.2 Å². The van der Waals surface area contributed by atoms with E-state index >= 15 is 0 Å². The Bertz CT molecular complexity index is 850. The van der Waals surface area contributed by atoms with Crippen molar-refractivity contribution in [1.82, 2.24) is 9.80 Å². The van der Waals surface area contributed by atoms with Crippen LogP contribution >= 0.6 is 11.3 Å². The van der Waals surface area contributed by atoms with E-state index in [2.05, 4.69) is 46.2 Å². The van der Waals surface area contributed by atoms with Gasteiger partial charge in [0.1, 0.15) is 0 Å². The standard InChI is InChI=1S/C24H30N2O2S/c27-24(26-14-11-18-4-1-2-5-20(18)16-26)19-9-12-25(13-10-19)17-21-7-8-23(29-21)22-6-3-15-28-22/h1-2,4-5,7-8,19,22H,3,6,9-17H2. The van der Waals surface area contributed by atoms with Crippen LogP contribution in [0.25, 0.3) is 0 Å². The number of carbonyl (C=O) groups is 1. The van der Waals surface area contributed by atoms with Crippen molar-refractivity contribution in [2.24, 2.45) is 5.92 Å². The van der Waals surface area contributed by atoms with Gasteiger partial charge in [0.05, 0.1) is 6.10 Å². The van der Waals surface area contributed by atoms with Crippen LogP contribution in [0.3, 0.4) is 0 Å². The summed E-state index contributed by atoms with van der Waals surface area (Å²) >= 11 is 1.91. The number of thiophene rings is 1. The molecule has 3 aliphatic heterocycles. The van der Waals surface area contributed by atoms with Crippen molar-refractivity contribution in [2.45, 2.75) is 51.3 Å². The van der Waals surface area contributed by atoms with Crippen LogP contribution in [0.5, 0.6) is 0 Å². The number of hydrogen-bond acceptors (Lipinski definition) is 4. The molecule has 1 atom stereocenters. The zero-order chi connectivity index (χ0) is 19.6. The summed E-state index contributed by atoms with van der Waals surface area (Å²) in [7, 11) is 0. The van der Waals surface area contributed by atoms with Crippen molar-refractivity contribution in [3.05, 3.63) is 57.3 Å². The summed E-state index contributed by atoms with van der Waals surface area (Å²) in [6.07, 6.45) is 5.64. The van der Waals surface area contributed by atoms with Crippen molar-refractivity contribution in [3.63, 3.8) is 0 Å². The molecule has 2 aromatic rings. The largest absolute Gasteiger partial charge is 0.373 e. The molecule has 1 aromatic carbocycles. The van der Waals surface area contributed by atoms with Gasteiger partial charge in [-0.2, -0.15) is 0 Å². The van der Waals surface area contributed by atoms with Gasteiger partial charge in [0.25, 0.3) is 0 Å². The number of hydrogen-bond donors (Lipinski definition) is 0. The summed E-state index contributed by atoms with van der Waals surface area (Å²) in [5.41, 5.74) is 2.73. The van der Waals surface area contributed by atoms with E-state index in [9.17, 15) is 4.79 Å². The molecular weight excluding hydrogens is 380 g/mol. The first-order valence-corrected chi connectivity index (χ1v) is 11.9. The third kappa shape index (κ3) is 4.27. The lowest BCUT2D eigenvalue weighted by molar-refractivity contribution is -0.138. The van der Waals surface area contributed by atoms with E-state index in [1.165, 1.54) is 27.3 Å². The van der Waals surface area contributed by atoms with E-state index < -0.39 is 0 Å². The van der Waals surface area contributed by atoms with Crippen LogP contribution in [0.1, 0.15) is 52.7 Å². The van der Waals surface area contributed by atoms with Crippen LogP contribution in [-0.4, -0.2) is 41.9 Å². The number of piperidine rings is 1.